The zero-order valence-corrected chi connectivity index (χ0v) is 15.4. The summed E-state index contributed by atoms with van der Waals surface area (Å²) in [6.45, 7) is 4.31. The zero-order chi connectivity index (χ0) is 18.7. The number of sulfonamides is 1. The van der Waals surface area contributed by atoms with Crippen LogP contribution < -0.4 is 10.5 Å². The van der Waals surface area contributed by atoms with Crippen molar-refractivity contribution in [3.8, 4) is 11.3 Å². The summed E-state index contributed by atoms with van der Waals surface area (Å²) in [6, 6.07) is 16.2. The second kappa shape index (κ2) is 7.23. The van der Waals surface area contributed by atoms with Gasteiger partial charge in [-0.2, -0.15) is 0 Å². The van der Waals surface area contributed by atoms with Crippen molar-refractivity contribution in [1.82, 2.24) is 9.97 Å². The van der Waals surface area contributed by atoms with Gasteiger partial charge in [-0.1, -0.05) is 38.1 Å². The molecule has 26 heavy (non-hydrogen) atoms. The molecule has 3 rings (SSSR count). The van der Waals surface area contributed by atoms with Crippen molar-refractivity contribution in [3.05, 3.63) is 66.4 Å². The van der Waals surface area contributed by atoms with Gasteiger partial charge in [-0.25, -0.2) is 23.5 Å². The van der Waals surface area contributed by atoms with E-state index in [1.807, 2.05) is 18.2 Å². The Hall–Kier alpha value is -2.77. The van der Waals surface area contributed by atoms with Crippen LogP contribution in [-0.2, 0) is 10.0 Å². The number of primary sulfonamides is 1. The highest BCUT2D eigenvalue weighted by Gasteiger charge is 2.08. The SMILES string of the molecule is CC(C)c1ccc(-c2ccnc(Nc3ccc(S(N)(=O)=O)cc3)n2)cc1. The van der Waals surface area contributed by atoms with Crippen molar-refractivity contribution in [2.24, 2.45) is 5.14 Å². The van der Waals surface area contributed by atoms with Crippen LogP contribution in [0, 0.1) is 0 Å². The van der Waals surface area contributed by atoms with E-state index in [9.17, 15) is 8.42 Å². The first kappa shape index (κ1) is 18.0. The molecule has 0 aliphatic carbocycles. The minimum absolute atomic E-state index is 0.0583. The number of benzene rings is 2. The Balaban J connectivity index is 1.81. The standard InChI is InChI=1S/C19H20N4O2S/c1-13(2)14-3-5-15(6-4-14)18-11-12-21-19(23-18)22-16-7-9-17(10-8-16)26(20,24)25/h3-13H,1-2H3,(H2,20,24,25)(H,21,22,23). The fourth-order valence-electron chi connectivity index (χ4n) is 2.48. The van der Waals surface area contributed by atoms with Gasteiger partial charge in [0, 0.05) is 17.4 Å². The molecule has 1 heterocycles. The minimum Gasteiger partial charge on any atom is -0.324 e. The molecule has 0 unspecified atom stereocenters. The van der Waals surface area contributed by atoms with Gasteiger partial charge in [-0.05, 0) is 41.8 Å². The molecule has 0 fully saturated rings. The predicted molar refractivity (Wildman–Crippen MR) is 103 cm³/mol. The molecule has 0 spiro atoms. The molecular weight excluding hydrogens is 348 g/mol. The number of anilines is 2. The molecule has 0 aliphatic rings. The Morgan fingerprint density at radius 1 is 0.962 bits per heavy atom. The van der Waals surface area contributed by atoms with E-state index in [-0.39, 0.29) is 4.90 Å². The third kappa shape index (κ3) is 4.25. The first-order chi connectivity index (χ1) is 12.3. The lowest BCUT2D eigenvalue weighted by molar-refractivity contribution is 0.598. The van der Waals surface area contributed by atoms with Gasteiger partial charge < -0.3 is 5.32 Å². The fourth-order valence-corrected chi connectivity index (χ4v) is 2.99. The maximum Gasteiger partial charge on any atom is 0.238 e. The van der Waals surface area contributed by atoms with Crippen LogP contribution in [0.5, 0.6) is 0 Å². The third-order valence-corrected chi connectivity index (χ3v) is 4.90. The Kier molecular flexibility index (Phi) is 5.01. The summed E-state index contributed by atoms with van der Waals surface area (Å²) in [5, 5.41) is 8.16. The summed E-state index contributed by atoms with van der Waals surface area (Å²) < 4.78 is 22.6. The highest BCUT2D eigenvalue weighted by molar-refractivity contribution is 7.89. The Morgan fingerprint density at radius 2 is 1.62 bits per heavy atom. The molecule has 0 aliphatic heterocycles. The van der Waals surface area contributed by atoms with Gasteiger partial charge in [0.2, 0.25) is 16.0 Å². The minimum atomic E-state index is -3.70. The second-order valence-corrected chi connectivity index (χ2v) is 7.80. The molecule has 0 saturated heterocycles. The lowest BCUT2D eigenvalue weighted by Gasteiger charge is -2.09. The number of hydrogen-bond donors (Lipinski definition) is 2. The Bertz CT molecular complexity index is 998. The lowest BCUT2D eigenvalue weighted by Crippen LogP contribution is -2.11. The molecule has 7 heteroatoms. The molecule has 0 amide bonds. The van der Waals surface area contributed by atoms with Crippen molar-refractivity contribution in [3.63, 3.8) is 0 Å². The molecule has 6 nitrogen and oxygen atoms in total. The Labute approximate surface area is 153 Å². The summed E-state index contributed by atoms with van der Waals surface area (Å²) in [6.07, 6.45) is 1.68. The van der Waals surface area contributed by atoms with Gasteiger partial charge in [0.15, 0.2) is 0 Å². The summed E-state index contributed by atoms with van der Waals surface area (Å²) in [4.78, 5) is 8.79. The van der Waals surface area contributed by atoms with E-state index in [4.69, 9.17) is 5.14 Å². The molecule has 0 atom stereocenters. The first-order valence-corrected chi connectivity index (χ1v) is 9.71. The van der Waals surface area contributed by atoms with Gasteiger partial charge in [0.25, 0.3) is 0 Å². The van der Waals surface area contributed by atoms with E-state index in [0.29, 0.717) is 17.6 Å². The zero-order valence-electron chi connectivity index (χ0n) is 14.5. The number of nitrogens with zero attached hydrogens (tertiary/aromatic N) is 2. The van der Waals surface area contributed by atoms with Crippen molar-refractivity contribution in [1.29, 1.82) is 0 Å². The number of nitrogens with one attached hydrogen (secondary N) is 1. The molecular formula is C19H20N4O2S. The molecule has 1 aromatic heterocycles. The van der Waals surface area contributed by atoms with Crippen LogP contribution in [0.15, 0.2) is 65.7 Å². The summed E-state index contributed by atoms with van der Waals surface area (Å²) >= 11 is 0. The molecule has 0 bridgehead atoms. The molecule has 3 aromatic rings. The summed E-state index contributed by atoms with van der Waals surface area (Å²) in [5.74, 6) is 0.908. The van der Waals surface area contributed by atoms with Crippen molar-refractivity contribution in [2.75, 3.05) is 5.32 Å². The smallest absolute Gasteiger partial charge is 0.238 e. The van der Waals surface area contributed by atoms with E-state index in [2.05, 4.69) is 41.3 Å². The van der Waals surface area contributed by atoms with E-state index in [0.717, 1.165) is 11.3 Å². The molecule has 2 aromatic carbocycles. The normalized spacial score (nSPS) is 11.5. The number of nitrogens with two attached hydrogens (primary N) is 1. The van der Waals surface area contributed by atoms with Crippen LogP contribution in [0.4, 0.5) is 11.6 Å². The second-order valence-electron chi connectivity index (χ2n) is 6.24. The van der Waals surface area contributed by atoms with Gasteiger partial charge in [-0.3, -0.25) is 0 Å². The van der Waals surface area contributed by atoms with Crippen molar-refractivity contribution in [2.45, 2.75) is 24.7 Å². The van der Waals surface area contributed by atoms with Crippen LogP contribution in [0.25, 0.3) is 11.3 Å². The predicted octanol–water partition coefficient (Wildman–Crippen LogP) is 3.66. The largest absolute Gasteiger partial charge is 0.324 e. The number of aromatic nitrogens is 2. The van der Waals surface area contributed by atoms with Gasteiger partial charge >= 0.3 is 0 Å². The van der Waals surface area contributed by atoms with Crippen LogP contribution in [0.3, 0.4) is 0 Å². The van der Waals surface area contributed by atoms with Crippen LogP contribution in [0.2, 0.25) is 0 Å². The topological polar surface area (TPSA) is 98.0 Å². The number of rotatable bonds is 5. The molecule has 134 valence electrons. The van der Waals surface area contributed by atoms with E-state index >= 15 is 0 Å². The van der Waals surface area contributed by atoms with Crippen LogP contribution in [-0.4, -0.2) is 18.4 Å². The lowest BCUT2D eigenvalue weighted by atomic mass is 10.0. The molecule has 0 saturated carbocycles. The maximum atomic E-state index is 11.3. The van der Waals surface area contributed by atoms with Crippen LogP contribution >= 0.6 is 0 Å². The first-order valence-electron chi connectivity index (χ1n) is 8.16. The van der Waals surface area contributed by atoms with Crippen molar-refractivity contribution < 1.29 is 8.42 Å². The fraction of sp³-hybridized carbons (Fsp3) is 0.158. The van der Waals surface area contributed by atoms with Crippen LogP contribution in [0.1, 0.15) is 25.3 Å². The molecule has 0 radical (unpaired) electrons. The van der Waals surface area contributed by atoms with Gasteiger partial charge in [0.1, 0.15) is 0 Å². The maximum absolute atomic E-state index is 11.3. The molecule has 3 N–H and O–H groups in total. The van der Waals surface area contributed by atoms with Gasteiger partial charge in [0.05, 0.1) is 10.6 Å². The van der Waals surface area contributed by atoms with E-state index in [1.54, 1.807) is 18.3 Å². The van der Waals surface area contributed by atoms with Crippen molar-refractivity contribution >= 4 is 21.7 Å². The monoisotopic (exact) mass is 368 g/mol. The van der Waals surface area contributed by atoms with E-state index < -0.39 is 10.0 Å². The van der Waals surface area contributed by atoms with Gasteiger partial charge in [-0.15, -0.1) is 0 Å². The summed E-state index contributed by atoms with van der Waals surface area (Å²) in [5.41, 5.74) is 3.75. The highest BCUT2D eigenvalue weighted by atomic mass is 32.2. The third-order valence-electron chi connectivity index (χ3n) is 3.97. The average Bonchev–Trinajstić information content (AvgIpc) is 2.62. The average molecular weight is 368 g/mol. The Morgan fingerprint density at radius 3 is 2.19 bits per heavy atom. The highest BCUT2D eigenvalue weighted by Crippen LogP contribution is 2.23. The number of hydrogen-bond acceptors (Lipinski definition) is 5. The van der Waals surface area contributed by atoms with E-state index in [1.165, 1.54) is 17.7 Å². The summed E-state index contributed by atoms with van der Waals surface area (Å²) in [7, 11) is -3.70. The quantitative estimate of drug-likeness (QED) is 0.716.